The maximum absolute atomic E-state index is 11.8. The molecule has 0 bridgehead atoms. The van der Waals surface area contributed by atoms with Crippen LogP contribution in [0.4, 0.5) is 13.2 Å². The summed E-state index contributed by atoms with van der Waals surface area (Å²) < 4.78 is 56.2. The van der Waals surface area contributed by atoms with Crippen LogP contribution in [-0.4, -0.2) is 20.3 Å². The van der Waals surface area contributed by atoms with Gasteiger partial charge in [-0.05, 0) is 12.3 Å². The van der Waals surface area contributed by atoms with Gasteiger partial charge in [-0.3, -0.25) is 0 Å². The molecule has 2 N–H and O–H groups in total. The lowest BCUT2D eigenvalue weighted by atomic mass is 10.3. The molecule has 7 heteroatoms. The van der Waals surface area contributed by atoms with Crippen molar-refractivity contribution in [2.24, 2.45) is 17.0 Å². The van der Waals surface area contributed by atoms with Crippen LogP contribution in [0.3, 0.4) is 0 Å². The predicted octanol–water partition coefficient (Wildman–Crippen LogP) is 0.473. The molecule has 72 valence electrons. The molecule has 1 aliphatic carbocycles. The van der Waals surface area contributed by atoms with Gasteiger partial charge in [0.2, 0.25) is 10.0 Å². The summed E-state index contributed by atoms with van der Waals surface area (Å²) in [6.07, 6.45) is -4.38. The van der Waals surface area contributed by atoms with Gasteiger partial charge in [0.25, 0.3) is 0 Å². The third kappa shape index (κ3) is 2.63. The van der Waals surface area contributed by atoms with Crippen molar-refractivity contribution in [1.29, 1.82) is 0 Å². The van der Waals surface area contributed by atoms with Crippen molar-refractivity contribution in [3.8, 4) is 0 Å². The zero-order valence-corrected chi connectivity index (χ0v) is 6.82. The number of alkyl halides is 3. The lowest BCUT2D eigenvalue weighted by Gasteiger charge is -2.03. The highest BCUT2D eigenvalue weighted by molar-refractivity contribution is 7.89. The highest BCUT2D eigenvalue weighted by atomic mass is 32.2. The van der Waals surface area contributed by atoms with Gasteiger partial charge in [-0.15, -0.1) is 0 Å². The Morgan fingerprint density at radius 2 is 1.92 bits per heavy atom. The fourth-order valence-electron chi connectivity index (χ4n) is 1.13. The molecule has 0 spiro atoms. The summed E-state index contributed by atoms with van der Waals surface area (Å²) in [5.74, 6) is -2.84. The van der Waals surface area contributed by atoms with E-state index in [0.29, 0.717) is 0 Å². The van der Waals surface area contributed by atoms with E-state index < -0.39 is 33.8 Å². The summed E-state index contributed by atoms with van der Waals surface area (Å²) in [7, 11) is -3.75. The minimum Gasteiger partial charge on any atom is -0.229 e. The van der Waals surface area contributed by atoms with Crippen molar-refractivity contribution < 1.29 is 21.6 Å². The van der Waals surface area contributed by atoms with Crippen LogP contribution in [0.2, 0.25) is 0 Å². The molecular weight excluding hydrogens is 195 g/mol. The molecule has 0 radical (unpaired) electrons. The molecule has 2 atom stereocenters. The van der Waals surface area contributed by atoms with E-state index in [1.54, 1.807) is 0 Å². The summed E-state index contributed by atoms with van der Waals surface area (Å²) in [5.41, 5.74) is 0. The molecule has 0 unspecified atom stereocenters. The second kappa shape index (κ2) is 2.59. The second-order valence-corrected chi connectivity index (χ2v) is 4.63. The number of hydrogen-bond acceptors (Lipinski definition) is 2. The van der Waals surface area contributed by atoms with Crippen LogP contribution in [0.15, 0.2) is 0 Å². The van der Waals surface area contributed by atoms with E-state index in [-0.39, 0.29) is 6.42 Å². The van der Waals surface area contributed by atoms with Crippen molar-refractivity contribution in [2.45, 2.75) is 12.6 Å². The first-order valence-electron chi connectivity index (χ1n) is 3.27. The maximum atomic E-state index is 11.8. The van der Waals surface area contributed by atoms with E-state index in [2.05, 4.69) is 5.14 Å². The van der Waals surface area contributed by atoms with E-state index in [1.165, 1.54) is 0 Å². The first-order chi connectivity index (χ1) is 5.20. The molecule has 12 heavy (non-hydrogen) atoms. The van der Waals surface area contributed by atoms with Crippen molar-refractivity contribution in [2.75, 3.05) is 5.75 Å². The number of halogens is 3. The van der Waals surface area contributed by atoms with Crippen LogP contribution in [0.1, 0.15) is 6.42 Å². The van der Waals surface area contributed by atoms with Gasteiger partial charge in [-0.1, -0.05) is 0 Å². The fourth-order valence-corrected chi connectivity index (χ4v) is 2.10. The summed E-state index contributed by atoms with van der Waals surface area (Å²) >= 11 is 0. The molecule has 0 aromatic heterocycles. The second-order valence-electron chi connectivity index (χ2n) is 2.97. The molecule has 1 aliphatic rings. The SMILES string of the molecule is NS(=O)(=O)C[C@@H]1C[C@H]1C(F)(F)F. The van der Waals surface area contributed by atoms with Gasteiger partial charge in [0.1, 0.15) is 0 Å². The Labute approximate surface area is 67.8 Å². The highest BCUT2D eigenvalue weighted by Crippen LogP contribution is 2.50. The number of hydrogen-bond donors (Lipinski definition) is 1. The Balaban J connectivity index is 2.45. The molecule has 0 aromatic carbocycles. The molecule has 1 rings (SSSR count). The average molecular weight is 203 g/mol. The van der Waals surface area contributed by atoms with Crippen LogP contribution >= 0.6 is 0 Å². The zero-order chi connectivity index (χ0) is 9.57. The van der Waals surface area contributed by atoms with Gasteiger partial charge < -0.3 is 0 Å². The molecule has 0 heterocycles. The molecule has 0 aromatic rings. The number of rotatable bonds is 2. The van der Waals surface area contributed by atoms with Crippen molar-refractivity contribution >= 4 is 10.0 Å². The van der Waals surface area contributed by atoms with Crippen molar-refractivity contribution in [3.63, 3.8) is 0 Å². The Bertz CT molecular complexity index is 271. The van der Waals surface area contributed by atoms with Gasteiger partial charge in [0.05, 0.1) is 11.7 Å². The molecule has 1 fully saturated rings. The van der Waals surface area contributed by atoms with Crippen LogP contribution < -0.4 is 5.14 Å². The number of primary sulfonamides is 1. The third-order valence-electron chi connectivity index (χ3n) is 1.79. The minimum atomic E-state index is -4.27. The van der Waals surface area contributed by atoms with E-state index in [4.69, 9.17) is 0 Å². The first kappa shape index (κ1) is 9.79. The number of nitrogens with two attached hydrogens (primary N) is 1. The van der Waals surface area contributed by atoms with Crippen LogP contribution in [0.25, 0.3) is 0 Å². The van der Waals surface area contributed by atoms with Gasteiger partial charge >= 0.3 is 6.18 Å². The average Bonchev–Trinajstić information content (AvgIpc) is 2.37. The third-order valence-corrected chi connectivity index (χ3v) is 2.68. The van der Waals surface area contributed by atoms with E-state index in [9.17, 15) is 21.6 Å². The number of sulfonamides is 1. The lowest BCUT2D eigenvalue weighted by Crippen LogP contribution is -2.21. The first-order valence-corrected chi connectivity index (χ1v) is 4.99. The molecule has 0 aliphatic heterocycles. The summed E-state index contributed by atoms with van der Waals surface area (Å²) in [5, 5.41) is 4.59. The fraction of sp³-hybridized carbons (Fsp3) is 1.00. The molecular formula is C5H8F3NO2S. The van der Waals surface area contributed by atoms with E-state index in [1.807, 2.05) is 0 Å². The topological polar surface area (TPSA) is 60.2 Å². The monoisotopic (exact) mass is 203 g/mol. The quantitative estimate of drug-likeness (QED) is 0.709. The Kier molecular flexibility index (Phi) is 2.12. The summed E-state index contributed by atoms with van der Waals surface area (Å²) in [4.78, 5) is 0. The van der Waals surface area contributed by atoms with Gasteiger partial charge in [-0.25, -0.2) is 13.6 Å². The smallest absolute Gasteiger partial charge is 0.229 e. The van der Waals surface area contributed by atoms with E-state index in [0.717, 1.165) is 0 Å². The minimum absolute atomic E-state index is 0.111. The maximum Gasteiger partial charge on any atom is 0.392 e. The van der Waals surface area contributed by atoms with Crippen LogP contribution in [0.5, 0.6) is 0 Å². The molecule has 0 amide bonds. The lowest BCUT2D eigenvalue weighted by molar-refractivity contribution is -0.150. The molecule has 0 saturated heterocycles. The van der Waals surface area contributed by atoms with Crippen LogP contribution in [-0.2, 0) is 10.0 Å². The standard InChI is InChI=1S/C5H8F3NO2S/c6-5(7,8)4-1-3(4)2-12(9,10)11/h3-4H,1-2H2,(H2,9,10,11)/t3-,4+/m0/s1. The normalized spacial score (nSPS) is 30.3. The zero-order valence-electron chi connectivity index (χ0n) is 6.00. The summed E-state index contributed by atoms with van der Waals surface area (Å²) in [6.45, 7) is 0. The Hall–Kier alpha value is -0.300. The highest BCUT2D eigenvalue weighted by Gasteiger charge is 2.56. The largest absolute Gasteiger partial charge is 0.392 e. The molecule has 1 saturated carbocycles. The van der Waals surface area contributed by atoms with E-state index >= 15 is 0 Å². The Morgan fingerprint density at radius 1 is 1.42 bits per heavy atom. The van der Waals surface area contributed by atoms with Gasteiger partial charge in [-0.2, -0.15) is 13.2 Å². The Morgan fingerprint density at radius 3 is 2.17 bits per heavy atom. The van der Waals surface area contributed by atoms with Crippen molar-refractivity contribution in [3.05, 3.63) is 0 Å². The molecule has 3 nitrogen and oxygen atoms in total. The van der Waals surface area contributed by atoms with Crippen LogP contribution in [0, 0.1) is 11.8 Å². The summed E-state index contributed by atoms with van der Waals surface area (Å²) in [6, 6.07) is 0. The predicted molar refractivity (Wildman–Crippen MR) is 35.6 cm³/mol. The van der Waals surface area contributed by atoms with Gasteiger partial charge in [0.15, 0.2) is 0 Å². The van der Waals surface area contributed by atoms with Gasteiger partial charge in [0, 0.05) is 0 Å². The van der Waals surface area contributed by atoms with Crippen molar-refractivity contribution in [1.82, 2.24) is 0 Å².